The fraction of sp³-hybridized carbons (Fsp3) is 0.650. The van der Waals surface area contributed by atoms with E-state index in [-0.39, 0.29) is 17.7 Å². The van der Waals surface area contributed by atoms with Crippen molar-refractivity contribution in [3.8, 4) is 5.88 Å². The van der Waals surface area contributed by atoms with E-state index in [1.54, 1.807) is 7.11 Å². The van der Waals surface area contributed by atoms with Crippen LogP contribution in [0.25, 0.3) is 0 Å². The van der Waals surface area contributed by atoms with Gasteiger partial charge in [0, 0.05) is 24.1 Å². The Kier molecular flexibility index (Phi) is 5.79. The van der Waals surface area contributed by atoms with Crippen LogP contribution in [-0.2, 0) is 17.9 Å². The average molecular weight is 359 g/mol. The fourth-order valence-electron chi connectivity index (χ4n) is 4.00. The second-order valence-electron chi connectivity index (χ2n) is 7.43. The molecular formula is C20H29N3O3. The Bertz CT molecular complexity index is 683. The van der Waals surface area contributed by atoms with E-state index >= 15 is 0 Å². The monoisotopic (exact) mass is 359 g/mol. The molecule has 0 bridgehead atoms. The number of hydrogen-bond acceptors (Lipinski definition) is 4. The third kappa shape index (κ3) is 3.69. The number of ether oxygens (including phenoxy) is 1. The third-order valence-corrected chi connectivity index (χ3v) is 5.53. The van der Waals surface area contributed by atoms with Gasteiger partial charge in [-0.25, -0.2) is 4.98 Å². The van der Waals surface area contributed by atoms with Crippen molar-refractivity contribution in [3.05, 3.63) is 22.9 Å². The molecule has 1 aliphatic heterocycles. The topological polar surface area (TPSA) is 71.5 Å². The van der Waals surface area contributed by atoms with E-state index in [9.17, 15) is 9.59 Å². The first-order chi connectivity index (χ1) is 12.5. The number of aromatic nitrogens is 1. The van der Waals surface area contributed by atoms with Crippen LogP contribution in [0.2, 0.25) is 0 Å². The first kappa shape index (κ1) is 18.7. The maximum absolute atomic E-state index is 12.8. The van der Waals surface area contributed by atoms with Crippen LogP contribution in [-0.4, -0.2) is 34.8 Å². The van der Waals surface area contributed by atoms with Crippen LogP contribution in [0.5, 0.6) is 5.88 Å². The van der Waals surface area contributed by atoms with Gasteiger partial charge in [0.05, 0.1) is 24.9 Å². The molecule has 1 N–H and O–H groups in total. The number of rotatable bonds is 7. The van der Waals surface area contributed by atoms with Crippen molar-refractivity contribution in [2.24, 2.45) is 5.92 Å². The van der Waals surface area contributed by atoms with Gasteiger partial charge >= 0.3 is 0 Å². The van der Waals surface area contributed by atoms with Crippen molar-refractivity contribution in [2.75, 3.05) is 7.11 Å². The second-order valence-corrected chi connectivity index (χ2v) is 7.43. The van der Waals surface area contributed by atoms with Crippen molar-refractivity contribution in [3.63, 3.8) is 0 Å². The molecule has 6 heteroatoms. The van der Waals surface area contributed by atoms with Crippen LogP contribution in [0.15, 0.2) is 6.07 Å². The molecule has 0 spiro atoms. The Morgan fingerprint density at radius 1 is 1.42 bits per heavy atom. The van der Waals surface area contributed by atoms with E-state index in [4.69, 9.17) is 4.74 Å². The summed E-state index contributed by atoms with van der Waals surface area (Å²) < 4.78 is 5.41. The van der Waals surface area contributed by atoms with E-state index in [0.29, 0.717) is 30.6 Å². The highest BCUT2D eigenvalue weighted by atomic mass is 16.5. The minimum atomic E-state index is -0.0205. The smallest absolute Gasteiger partial charge is 0.256 e. The molecule has 3 rings (SSSR count). The van der Waals surface area contributed by atoms with Gasteiger partial charge in [-0.15, -0.1) is 0 Å². The molecule has 0 aromatic carbocycles. The number of pyridine rings is 1. The maximum Gasteiger partial charge on any atom is 0.256 e. The number of methoxy groups -OCH3 is 1. The molecule has 0 unspecified atom stereocenters. The molecule has 2 amide bonds. The van der Waals surface area contributed by atoms with E-state index in [0.717, 1.165) is 36.9 Å². The van der Waals surface area contributed by atoms with Gasteiger partial charge in [0.1, 0.15) is 0 Å². The van der Waals surface area contributed by atoms with Gasteiger partial charge in [-0.05, 0) is 25.3 Å². The summed E-state index contributed by atoms with van der Waals surface area (Å²) >= 11 is 0. The summed E-state index contributed by atoms with van der Waals surface area (Å²) in [4.78, 5) is 31.5. The van der Waals surface area contributed by atoms with Crippen molar-refractivity contribution in [1.82, 2.24) is 15.2 Å². The lowest BCUT2D eigenvalue weighted by Gasteiger charge is -2.22. The summed E-state index contributed by atoms with van der Waals surface area (Å²) in [5, 5.41) is 2.95. The normalized spacial score (nSPS) is 18.1. The lowest BCUT2D eigenvalue weighted by molar-refractivity contribution is -0.124. The first-order valence-corrected chi connectivity index (χ1v) is 9.70. The predicted molar refractivity (Wildman–Crippen MR) is 98.8 cm³/mol. The number of carbonyl (C=O) groups excluding carboxylic acids is 2. The molecule has 1 atom stereocenters. The molecular weight excluding hydrogens is 330 g/mol. The van der Waals surface area contributed by atoms with E-state index < -0.39 is 0 Å². The average Bonchev–Trinajstić information content (AvgIpc) is 3.27. The summed E-state index contributed by atoms with van der Waals surface area (Å²) in [5.74, 6) is 0.559. The van der Waals surface area contributed by atoms with Gasteiger partial charge in [-0.1, -0.05) is 33.1 Å². The number of nitrogens with one attached hydrogen (secondary N) is 1. The van der Waals surface area contributed by atoms with E-state index in [2.05, 4.69) is 17.2 Å². The Morgan fingerprint density at radius 3 is 2.81 bits per heavy atom. The molecule has 1 aliphatic carbocycles. The molecule has 1 fully saturated rings. The van der Waals surface area contributed by atoms with Crippen LogP contribution in [0.1, 0.15) is 74.0 Å². The standard InChI is InChI=1S/C20H29N3O3/c1-4-7-13(2)18(24)21-11-14-10-16-17(22-19(14)26-3)12-23(20(16)25)15-8-5-6-9-15/h10,13,15H,4-9,11-12H2,1-3H3,(H,21,24)/t13-/m1/s1. The third-order valence-electron chi connectivity index (χ3n) is 5.53. The van der Waals surface area contributed by atoms with E-state index in [1.807, 2.05) is 17.9 Å². The lowest BCUT2D eigenvalue weighted by Crippen LogP contribution is -2.33. The molecule has 1 aromatic rings. The van der Waals surface area contributed by atoms with Gasteiger partial charge in [-0.2, -0.15) is 0 Å². The highest BCUT2D eigenvalue weighted by molar-refractivity contribution is 5.98. The molecule has 1 saturated carbocycles. The fourth-order valence-corrected chi connectivity index (χ4v) is 4.00. The Labute approximate surface area is 155 Å². The predicted octanol–water partition coefficient (Wildman–Crippen LogP) is 3.04. The second kappa shape index (κ2) is 8.06. The van der Waals surface area contributed by atoms with Crippen LogP contribution < -0.4 is 10.1 Å². The van der Waals surface area contributed by atoms with Crippen molar-refractivity contribution in [1.29, 1.82) is 0 Å². The van der Waals surface area contributed by atoms with Crippen LogP contribution >= 0.6 is 0 Å². The summed E-state index contributed by atoms with van der Waals surface area (Å²) in [6, 6.07) is 2.18. The zero-order valence-electron chi connectivity index (χ0n) is 16.0. The van der Waals surface area contributed by atoms with Crippen LogP contribution in [0.4, 0.5) is 0 Å². The molecule has 2 heterocycles. The van der Waals surface area contributed by atoms with Crippen molar-refractivity contribution < 1.29 is 14.3 Å². The number of hydrogen-bond donors (Lipinski definition) is 1. The summed E-state index contributed by atoms with van der Waals surface area (Å²) in [7, 11) is 1.57. The minimum absolute atomic E-state index is 0.0205. The molecule has 6 nitrogen and oxygen atoms in total. The van der Waals surface area contributed by atoms with Gasteiger partial charge in [0.2, 0.25) is 11.8 Å². The van der Waals surface area contributed by atoms with E-state index in [1.165, 1.54) is 12.8 Å². The maximum atomic E-state index is 12.8. The van der Waals surface area contributed by atoms with Crippen molar-refractivity contribution >= 4 is 11.8 Å². The molecule has 26 heavy (non-hydrogen) atoms. The first-order valence-electron chi connectivity index (χ1n) is 9.70. The van der Waals surface area contributed by atoms with Gasteiger partial charge < -0.3 is 15.0 Å². The number of amides is 2. The van der Waals surface area contributed by atoms with Crippen LogP contribution in [0.3, 0.4) is 0 Å². The molecule has 142 valence electrons. The molecule has 0 saturated heterocycles. The summed E-state index contributed by atoms with van der Waals surface area (Å²) in [6.45, 7) is 4.89. The Balaban J connectivity index is 1.75. The Morgan fingerprint density at radius 2 is 2.15 bits per heavy atom. The lowest BCUT2D eigenvalue weighted by atomic mass is 10.1. The highest BCUT2D eigenvalue weighted by Gasteiger charge is 2.35. The molecule has 2 aliphatic rings. The van der Waals surface area contributed by atoms with Gasteiger partial charge in [0.25, 0.3) is 5.91 Å². The van der Waals surface area contributed by atoms with Gasteiger partial charge in [0.15, 0.2) is 0 Å². The summed E-state index contributed by atoms with van der Waals surface area (Å²) in [5.41, 5.74) is 2.20. The number of carbonyl (C=O) groups is 2. The SMILES string of the molecule is CCC[C@@H](C)C(=O)NCc1cc2c(nc1OC)CN(C1CCCC1)C2=O. The molecule has 0 radical (unpaired) electrons. The minimum Gasteiger partial charge on any atom is -0.481 e. The van der Waals surface area contributed by atoms with Gasteiger partial charge in [-0.3, -0.25) is 9.59 Å². The number of fused-ring (bicyclic) bond motifs is 1. The number of nitrogens with zero attached hydrogens (tertiary/aromatic N) is 2. The quantitative estimate of drug-likeness (QED) is 0.812. The zero-order chi connectivity index (χ0) is 18.7. The van der Waals surface area contributed by atoms with Crippen LogP contribution in [0, 0.1) is 5.92 Å². The summed E-state index contributed by atoms with van der Waals surface area (Å²) in [6.07, 6.45) is 6.37. The highest BCUT2D eigenvalue weighted by Crippen LogP contribution is 2.33. The largest absolute Gasteiger partial charge is 0.481 e. The zero-order valence-corrected chi connectivity index (χ0v) is 16.0. The molecule has 1 aromatic heterocycles. The Hall–Kier alpha value is -2.11. The van der Waals surface area contributed by atoms with Crippen molar-refractivity contribution in [2.45, 2.75) is 71.5 Å².